The number of likely N-dealkylation sites (tertiary alicyclic amines) is 1. The maximum Gasteiger partial charge on any atom is 0.122 e. The zero-order valence-electron chi connectivity index (χ0n) is 8.85. The number of hydrogen-bond donors (Lipinski definition) is 1. The van der Waals surface area contributed by atoms with Crippen LogP contribution in [0.5, 0.6) is 0 Å². The zero-order chi connectivity index (χ0) is 10.4. The van der Waals surface area contributed by atoms with E-state index in [9.17, 15) is 0 Å². The van der Waals surface area contributed by atoms with Crippen LogP contribution < -0.4 is 0 Å². The predicted octanol–water partition coefficient (Wildman–Crippen LogP) is 3.37. The van der Waals surface area contributed by atoms with Gasteiger partial charge in [0, 0.05) is 18.8 Å². The monoisotopic (exact) mass is 214 g/mol. The summed E-state index contributed by atoms with van der Waals surface area (Å²) in [4.78, 5) is 2.38. The fourth-order valence-corrected chi connectivity index (χ4v) is 2.03. The van der Waals surface area contributed by atoms with E-state index in [1.54, 1.807) is 6.08 Å². The average molecular weight is 215 g/mol. The molecule has 2 nitrogen and oxygen atoms in total. The lowest BCUT2D eigenvalue weighted by Gasteiger charge is -2.31. The Balaban J connectivity index is 2.60. The number of piperidine rings is 1. The molecule has 0 spiro atoms. The largest absolute Gasteiger partial charge is 0.375 e. The van der Waals surface area contributed by atoms with E-state index in [-0.39, 0.29) is 5.17 Å². The Hall–Kier alpha value is -0.500. The minimum atomic E-state index is 0.152. The second kappa shape index (κ2) is 6.07. The van der Waals surface area contributed by atoms with E-state index >= 15 is 0 Å². The van der Waals surface area contributed by atoms with Crippen LogP contribution in [0.15, 0.2) is 11.8 Å². The number of halogens is 1. The molecule has 0 aromatic carbocycles. The van der Waals surface area contributed by atoms with E-state index in [0.29, 0.717) is 0 Å². The highest BCUT2D eigenvalue weighted by Gasteiger charge is 2.12. The number of nitrogens with one attached hydrogen (secondary N) is 1. The maximum absolute atomic E-state index is 7.28. The van der Waals surface area contributed by atoms with E-state index in [1.165, 1.54) is 25.0 Å². The van der Waals surface area contributed by atoms with Crippen molar-refractivity contribution in [1.82, 2.24) is 4.90 Å². The highest BCUT2D eigenvalue weighted by Crippen LogP contribution is 2.18. The molecule has 1 aliphatic rings. The number of nitrogens with zero attached hydrogens (tertiary/aromatic N) is 1. The van der Waals surface area contributed by atoms with E-state index in [1.807, 2.05) is 0 Å². The van der Waals surface area contributed by atoms with Gasteiger partial charge in [0.1, 0.15) is 5.17 Å². The van der Waals surface area contributed by atoms with Crippen molar-refractivity contribution in [2.24, 2.45) is 0 Å². The molecule has 0 amide bonds. The van der Waals surface area contributed by atoms with Crippen LogP contribution in [0.4, 0.5) is 0 Å². The van der Waals surface area contributed by atoms with Crippen molar-refractivity contribution in [3.63, 3.8) is 0 Å². The first-order chi connectivity index (χ1) is 6.74. The standard InChI is InChI=1S/C11H19ClN2/c1-2-6-10(9-11(12)13)14-7-4-3-5-8-14/h9,13H,2-8H2,1H3. The van der Waals surface area contributed by atoms with Crippen LogP contribution in [-0.4, -0.2) is 23.2 Å². The molecular weight excluding hydrogens is 196 g/mol. The molecule has 0 saturated carbocycles. The molecule has 80 valence electrons. The SMILES string of the molecule is CCCC(=CC(=N)Cl)N1CCCCC1. The summed E-state index contributed by atoms with van der Waals surface area (Å²) in [5.74, 6) is 0. The van der Waals surface area contributed by atoms with Gasteiger partial charge in [-0.05, 0) is 31.8 Å². The van der Waals surface area contributed by atoms with Crippen molar-refractivity contribution >= 4 is 16.8 Å². The van der Waals surface area contributed by atoms with Crippen molar-refractivity contribution in [1.29, 1.82) is 5.41 Å². The van der Waals surface area contributed by atoms with Crippen molar-refractivity contribution in [3.8, 4) is 0 Å². The van der Waals surface area contributed by atoms with E-state index < -0.39 is 0 Å². The molecule has 0 aliphatic carbocycles. The van der Waals surface area contributed by atoms with Crippen molar-refractivity contribution in [2.45, 2.75) is 39.0 Å². The normalized spacial score (nSPS) is 18.4. The Morgan fingerprint density at radius 1 is 1.36 bits per heavy atom. The molecule has 0 atom stereocenters. The minimum Gasteiger partial charge on any atom is -0.375 e. The average Bonchev–Trinajstić information content (AvgIpc) is 2.18. The molecule has 14 heavy (non-hydrogen) atoms. The molecule has 1 fully saturated rings. The first-order valence-electron chi connectivity index (χ1n) is 5.43. The number of allylic oxidation sites excluding steroid dienone is 2. The summed E-state index contributed by atoms with van der Waals surface area (Å²) in [5, 5.41) is 7.44. The van der Waals surface area contributed by atoms with Crippen molar-refractivity contribution in [2.75, 3.05) is 13.1 Å². The van der Waals surface area contributed by atoms with Gasteiger partial charge in [-0.25, -0.2) is 0 Å². The van der Waals surface area contributed by atoms with Crippen molar-refractivity contribution in [3.05, 3.63) is 11.8 Å². The smallest absolute Gasteiger partial charge is 0.122 e. The molecular formula is C11H19ClN2. The third-order valence-corrected chi connectivity index (χ3v) is 2.67. The van der Waals surface area contributed by atoms with Crippen LogP contribution in [0.25, 0.3) is 0 Å². The third-order valence-electron chi connectivity index (χ3n) is 2.56. The van der Waals surface area contributed by atoms with Gasteiger partial charge in [0.05, 0.1) is 0 Å². The van der Waals surface area contributed by atoms with Gasteiger partial charge in [-0.2, -0.15) is 0 Å². The van der Waals surface area contributed by atoms with Crippen LogP contribution in [0.1, 0.15) is 39.0 Å². The molecule has 1 rings (SSSR count). The third kappa shape index (κ3) is 3.70. The van der Waals surface area contributed by atoms with Crippen LogP contribution in [0, 0.1) is 5.41 Å². The lowest BCUT2D eigenvalue weighted by molar-refractivity contribution is 0.276. The molecule has 1 heterocycles. The maximum atomic E-state index is 7.28. The number of hydrogen-bond acceptors (Lipinski definition) is 2. The first kappa shape index (κ1) is 11.6. The Kier molecular flexibility index (Phi) is 5.02. The topological polar surface area (TPSA) is 27.1 Å². The van der Waals surface area contributed by atoms with Crippen LogP contribution >= 0.6 is 11.6 Å². The van der Waals surface area contributed by atoms with Crippen LogP contribution in [0.3, 0.4) is 0 Å². The molecule has 0 radical (unpaired) electrons. The first-order valence-corrected chi connectivity index (χ1v) is 5.81. The van der Waals surface area contributed by atoms with Gasteiger partial charge < -0.3 is 4.90 Å². The van der Waals surface area contributed by atoms with Gasteiger partial charge in [-0.1, -0.05) is 24.9 Å². The summed E-state index contributed by atoms with van der Waals surface area (Å²) in [6, 6.07) is 0. The highest BCUT2D eigenvalue weighted by atomic mass is 35.5. The summed E-state index contributed by atoms with van der Waals surface area (Å²) in [5.41, 5.74) is 1.24. The summed E-state index contributed by atoms with van der Waals surface area (Å²) in [6.07, 6.45) is 7.85. The predicted molar refractivity (Wildman–Crippen MR) is 62.0 cm³/mol. The molecule has 1 saturated heterocycles. The van der Waals surface area contributed by atoms with Gasteiger partial charge in [-0.3, -0.25) is 5.41 Å². The van der Waals surface area contributed by atoms with Gasteiger partial charge in [-0.15, -0.1) is 0 Å². The fraction of sp³-hybridized carbons (Fsp3) is 0.727. The lowest BCUT2D eigenvalue weighted by atomic mass is 10.1. The summed E-state index contributed by atoms with van der Waals surface area (Å²) < 4.78 is 0. The zero-order valence-corrected chi connectivity index (χ0v) is 9.61. The van der Waals surface area contributed by atoms with Crippen LogP contribution in [0.2, 0.25) is 0 Å². The fourth-order valence-electron chi connectivity index (χ4n) is 1.91. The van der Waals surface area contributed by atoms with Gasteiger partial charge in [0.15, 0.2) is 0 Å². The second-order valence-electron chi connectivity index (χ2n) is 3.78. The van der Waals surface area contributed by atoms with E-state index in [2.05, 4.69) is 11.8 Å². The Labute approximate surface area is 91.4 Å². The van der Waals surface area contributed by atoms with E-state index in [0.717, 1.165) is 25.9 Å². The molecule has 0 unspecified atom stereocenters. The summed E-state index contributed by atoms with van der Waals surface area (Å²) in [7, 11) is 0. The second-order valence-corrected chi connectivity index (χ2v) is 4.19. The van der Waals surface area contributed by atoms with Gasteiger partial charge in [0.25, 0.3) is 0 Å². The van der Waals surface area contributed by atoms with Crippen LogP contribution in [-0.2, 0) is 0 Å². The molecule has 1 aliphatic heterocycles. The van der Waals surface area contributed by atoms with E-state index in [4.69, 9.17) is 17.0 Å². The molecule has 3 heteroatoms. The van der Waals surface area contributed by atoms with Gasteiger partial charge >= 0.3 is 0 Å². The molecule has 0 bridgehead atoms. The quantitative estimate of drug-likeness (QED) is 0.714. The minimum absolute atomic E-state index is 0.152. The Bertz CT molecular complexity index is 217. The summed E-state index contributed by atoms with van der Waals surface area (Å²) in [6.45, 7) is 4.43. The lowest BCUT2D eigenvalue weighted by Crippen LogP contribution is -2.29. The Morgan fingerprint density at radius 3 is 2.50 bits per heavy atom. The van der Waals surface area contributed by atoms with Gasteiger partial charge in [0.2, 0.25) is 0 Å². The Morgan fingerprint density at radius 2 is 2.00 bits per heavy atom. The molecule has 1 N–H and O–H groups in total. The summed E-state index contributed by atoms with van der Waals surface area (Å²) >= 11 is 5.61. The number of rotatable bonds is 4. The molecule has 0 aromatic rings. The van der Waals surface area contributed by atoms with Crippen molar-refractivity contribution < 1.29 is 0 Å². The highest BCUT2D eigenvalue weighted by molar-refractivity contribution is 6.67. The molecule has 0 aromatic heterocycles.